The highest BCUT2D eigenvalue weighted by Crippen LogP contribution is 2.39. The number of hydrogen-bond donors (Lipinski definition) is 3. The second kappa shape index (κ2) is 26.9. The maximum absolute atomic E-state index is 13.0. The van der Waals surface area contributed by atoms with Gasteiger partial charge >= 0.3 is 18.5 Å². The fourth-order valence-corrected chi connectivity index (χ4v) is 12.2. The number of nitrogens with one attached hydrogen (secondary N) is 3. The molecule has 3 heterocycles. The highest BCUT2D eigenvalue weighted by atomic mass is 79.9. The number of nitrogens with zero attached hydrogens (tertiary/aromatic N) is 3. The second-order valence-electron chi connectivity index (χ2n) is 18.6. The van der Waals surface area contributed by atoms with Crippen molar-refractivity contribution in [3.63, 3.8) is 0 Å². The molecule has 0 spiro atoms. The van der Waals surface area contributed by atoms with E-state index in [0.717, 1.165) is 36.4 Å². The van der Waals surface area contributed by atoms with E-state index < -0.39 is 83.6 Å². The molecule has 0 saturated heterocycles. The Morgan fingerprint density at radius 1 is 0.417 bits per heavy atom. The molecule has 3 atom stereocenters. The molecule has 1 unspecified atom stereocenters. The molecule has 15 nitrogen and oxygen atoms in total. The van der Waals surface area contributed by atoms with E-state index in [-0.39, 0.29) is 33.9 Å². The van der Waals surface area contributed by atoms with Gasteiger partial charge < -0.3 is 14.5 Å². The molecule has 30 heteroatoms. The summed E-state index contributed by atoms with van der Waals surface area (Å²) in [6, 6.07) is 28.6. The van der Waals surface area contributed by atoms with Crippen LogP contribution in [-0.4, -0.2) is 60.3 Å². The molecular formula is C54H48Br3F9N6O9S3. The maximum Gasteiger partial charge on any atom is 0.416 e. The number of oxime groups is 3. The summed E-state index contributed by atoms with van der Waals surface area (Å²) in [5, 5.41) is 11.5. The van der Waals surface area contributed by atoms with Crippen molar-refractivity contribution in [2.24, 2.45) is 15.5 Å². The van der Waals surface area contributed by atoms with Crippen LogP contribution in [0.1, 0.15) is 104 Å². The average Bonchev–Trinajstić information content (AvgIpc) is 4.04. The molecule has 0 saturated carbocycles. The molecule has 6 aromatic carbocycles. The molecule has 3 aliphatic rings. The van der Waals surface area contributed by atoms with Crippen molar-refractivity contribution in [2.75, 3.05) is 21.1 Å². The summed E-state index contributed by atoms with van der Waals surface area (Å²) in [5.41, 5.74) is 2.85. The summed E-state index contributed by atoms with van der Waals surface area (Å²) in [4.78, 5) is 16.2. The minimum absolute atomic E-state index is 0.0458. The van der Waals surface area contributed by atoms with Crippen molar-refractivity contribution in [2.45, 2.75) is 90.1 Å². The van der Waals surface area contributed by atoms with Crippen LogP contribution in [-0.2, 0) is 82.4 Å². The summed E-state index contributed by atoms with van der Waals surface area (Å²) in [7, 11) is -7.14. The van der Waals surface area contributed by atoms with Crippen molar-refractivity contribution in [1.82, 2.24) is 14.2 Å². The average molecular weight is 1430 g/mol. The molecule has 9 rings (SSSR count). The van der Waals surface area contributed by atoms with Gasteiger partial charge in [-0.25, -0.2) is 39.4 Å². The Morgan fingerprint density at radius 3 is 0.869 bits per heavy atom. The van der Waals surface area contributed by atoms with Crippen molar-refractivity contribution in [3.05, 3.63) is 194 Å². The topological polar surface area (TPSA) is 203 Å². The minimum Gasteiger partial charge on any atom is -0.386 e. The van der Waals surface area contributed by atoms with Crippen molar-refractivity contribution < 1.29 is 79.3 Å². The summed E-state index contributed by atoms with van der Waals surface area (Å²) in [6.07, 6.45) is -13.1. The van der Waals surface area contributed by atoms with Crippen LogP contribution < -0.4 is 14.2 Å². The zero-order valence-corrected chi connectivity index (χ0v) is 51.1. The zero-order valence-electron chi connectivity index (χ0n) is 43.9. The van der Waals surface area contributed by atoms with E-state index >= 15 is 0 Å². The van der Waals surface area contributed by atoms with Gasteiger partial charge in [0.1, 0.15) is 13.9 Å². The second-order valence-corrected chi connectivity index (χ2v) is 27.0. The molecule has 0 aliphatic carbocycles. The largest absolute Gasteiger partial charge is 0.416 e. The van der Waals surface area contributed by atoms with E-state index in [2.05, 4.69) is 77.4 Å². The Morgan fingerprint density at radius 2 is 0.667 bits per heavy atom. The third-order valence-corrected chi connectivity index (χ3v) is 18.6. The summed E-state index contributed by atoms with van der Waals surface area (Å²) in [5.74, 6) is 0. The van der Waals surface area contributed by atoms with Gasteiger partial charge in [-0.1, -0.05) is 88.3 Å². The van der Waals surface area contributed by atoms with E-state index in [0.29, 0.717) is 83.2 Å². The fourth-order valence-electron chi connectivity index (χ4n) is 8.73. The lowest BCUT2D eigenvalue weighted by atomic mass is 9.95. The molecule has 0 radical (unpaired) electrons. The zero-order chi connectivity index (χ0) is 61.6. The van der Waals surface area contributed by atoms with Gasteiger partial charge in [-0.2, -0.15) is 39.5 Å². The smallest absolute Gasteiger partial charge is 0.386 e. The molecule has 0 aromatic heterocycles. The first-order chi connectivity index (χ1) is 39.3. The van der Waals surface area contributed by atoms with Gasteiger partial charge in [0.2, 0.25) is 30.1 Å². The van der Waals surface area contributed by atoms with Gasteiger partial charge in [-0.15, -0.1) is 0 Å². The van der Waals surface area contributed by atoms with E-state index in [9.17, 15) is 64.8 Å². The summed E-state index contributed by atoms with van der Waals surface area (Å²) < 4.78 is 198. The lowest BCUT2D eigenvalue weighted by molar-refractivity contribution is -0.138. The molecule has 450 valence electrons. The normalized spacial score (nSPS) is 17.3. The Balaban J connectivity index is 0.000000181. The highest BCUT2D eigenvalue weighted by molar-refractivity contribution is 9.18. The summed E-state index contributed by atoms with van der Waals surface area (Å²) >= 11 is 9.72. The quantitative estimate of drug-likeness (QED) is 0.0836. The first kappa shape index (κ1) is 65.8. The maximum atomic E-state index is 13.0. The van der Waals surface area contributed by atoms with Crippen LogP contribution in [0.5, 0.6) is 0 Å². The van der Waals surface area contributed by atoms with Crippen LogP contribution in [0, 0.1) is 0 Å². The number of hydrogen-bond acceptors (Lipinski definition) is 12. The molecule has 6 aromatic rings. The van der Waals surface area contributed by atoms with E-state index in [1.54, 1.807) is 36.4 Å². The minimum atomic E-state index is -4.43. The SMILES string of the molecule is CNS(=O)(=O)c1ccc(Cc2cccc(C(F)(F)F)c2)c(C2CC(Br)=NO2)c1.CNS(=O)(=O)c1ccc(Cc2cccc(C(F)(F)F)c2)c([C@@H]2CC(Br)=NO2)c1.CNS(=O)(=O)c1ccc(Cc2cccc(C(F)(F)F)c2)c([C@H]2CC(Br)=NO2)c1. The van der Waals surface area contributed by atoms with E-state index in [1.807, 2.05) is 0 Å². The number of benzene rings is 6. The molecule has 0 bridgehead atoms. The Hall–Kier alpha value is -5.73. The first-order valence-electron chi connectivity index (χ1n) is 24.6. The fraction of sp³-hybridized carbons (Fsp3) is 0.278. The van der Waals surface area contributed by atoms with Crippen LogP contribution in [0.25, 0.3) is 0 Å². The molecule has 3 N–H and O–H groups in total. The van der Waals surface area contributed by atoms with Crippen LogP contribution in [0.3, 0.4) is 0 Å². The van der Waals surface area contributed by atoms with Crippen LogP contribution >= 0.6 is 47.8 Å². The lowest BCUT2D eigenvalue weighted by Crippen LogP contribution is -2.19. The molecular weight excluding hydrogens is 1380 g/mol. The lowest BCUT2D eigenvalue weighted by Gasteiger charge is -2.17. The predicted octanol–water partition coefficient (Wildman–Crippen LogP) is 13.1. The van der Waals surface area contributed by atoms with Crippen molar-refractivity contribution in [1.29, 1.82) is 0 Å². The molecule has 0 amide bonds. The van der Waals surface area contributed by atoms with Crippen LogP contribution in [0.2, 0.25) is 0 Å². The summed E-state index contributed by atoms with van der Waals surface area (Å²) in [6.45, 7) is 0. The van der Waals surface area contributed by atoms with Crippen molar-refractivity contribution >= 4 is 91.7 Å². The first-order valence-corrected chi connectivity index (χ1v) is 31.4. The van der Waals surface area contributed by atoms with Gasteiger partial charge in [0.05, 0.1) is 31.4 Å². The van der Waals surface area contributed by atoms with E-state index in [4.69, 9.17) is 14.5 Å². The van der Waals surface area contributed by atoms with Gasteiger partial charge in [-0.05, 0) is 176 Å². The van der Waals surface area contributed by atoms with Gasteiger partial charge in [0.15, 0.2) is 18.3 Å². The Kier molecular flexibility index (Phi) is 21.1. The van der Waals surface area contributed by atoms with Gasteiger partial charge in [0.25, 0.3) is 0 Å². The standard InChI is InChI=1S/3C18H16BrF3N2O3S/c3*1-23-28(25,26)14-6-5-12(15(9-14)16-10-17(19)24-27-16)7-11-3-2-4-13(8-11)18(20,21)22/h3*2-6,8-9,16,23H,7,10H2,1H3/t2*16-;/m10./s1. The number of rotatable bonds is 15. The highest BCUT2D eigenvalue weighted by Gasteiger charge is 2.34. The molecule has 0 fully saturated rings. The van der Waals surface area contributed by atoms with Crippen LogP contribution in [0.4, 0.5) is 39.5 Å². The van der Waals surface area contributed by atoms with Crippen LogP contribution in [0.15, 0.2) is 158 Å². The van der Waals surface area contributed by atoms with Crippen molar-refractivity contribution in [3.8, 4) is 0 Å². The van der Waals surface area contributed by atoms with E-state index in [1.165, 1.54) is 75.7 Å². The Labute approximate surface area is 502 Å². The van der Waals surface area contributed by atoms with Gasteiger partial charge in [-0.3, -0.25) is 0 Å². The molecule has 3 aliphatic heterocycles. The third-order valence-electron chi connectivity index (χ3n) is 13.0. The molecule has 84 heavy (non-hydrogen) atoms. The number of alkyl halides is 9. The predicted molar refractivity (Wildman–Crippen MR) is 305 cm³/mol. The Bertz CT molecular complexity index is 3460. The third kappa shape index (κ3) is 17.0. The monoisotopic (exact) mass is 1430 g/mol. The number of halogens is 12. The number of sulfonamides is 3. The van der Waals surface area contributed by atoms with Gasteiger partial charge in [0, 0.05) is 36.0 Å².